The molecule has 0 saturated carbocycles. The maximum atomic E-state index is 3.32. The number of anilines is 1. The van der Waals surface area contributed by atoms with Crippen molar-refractivity contribution in [1.82, 2.24) is 0 Å². The molecule has 0 unspecified atom stereocenters. The van der Waals surface area contributed by atoms with E-state index in [4.69, 9.17) is 0 Å². The lowest BCUT2D eigenvalue weighted by molar-refractivity contribution is 1.45. The molecule has 1 aromatic rings. The molecule has 0 aliphatic carbocycles. The van der Waals surface area contributed by atoms with Gasteiger partial charge in [0.25, 0.3) is 0 Å². The van der Waals surface area contributed by atoms with Gasteiger partial charge in [-0.2, -0.15) is 6.17 Å². The highest BCUT2D eigenvalue weighted by Crippen LogP contribution is 2.02. The van der Waals surface area contributed by atoms with E-state index in [0.29, 0.717) is 0 Å². The second-order valence-electron chi connectivity index (χ2n) is 1.72. The Bertz CT molecular complexity index is 162. The van der Waals surface area contributed by atoms with Gasteiger partial charge in [0.15, 0.2) is 0 Å². The molecular formula is C7H8NSi-. The van der Waals surface area contributed by atoms with Crippen molar-refractivity contribution in [3.8, 4) is 0 Å². The predicted octanol–water partition coefficient (Wildman–Crippen LogP) is 1.22. The molecule has 0 amide bonds. The summed E-state index contributed by atoms with van der Waals surface area (Å²) in [5, 5.41) is 3.12. The molecule has 1 N–H and O–H groups in total. The Hall–Kier alpha value is -0.763. The molecule has 1 nitrogen and oxygen atoms in total. The number of hydrogen-bond donors (Lipinski definition) is 1. The van der Waals surface area contributed by atoms with Crippen molar-refractivity contribution < 1.29 is 0 Å². The Labute approximate surface area is 58.5 Å². The Balaban J connectivity index is 2.61. The van der Waals surface area contributed by atoms with Gasteiger partial charge < -0.3 is 15.6 Å². The molecule has 0 spiro atoms. The standard InChI is InChI=1S/C7H8NSi/c9-6-8-7-4-2-1-3-5-7/h1-5,8H,6H2/q-1. The van der Waals surface area contributed by atoms with Crippen molar-refractivity contribution in [2.75, 3.05) is 11.5 Å². The molecular weight excluding hydrogens is 126 g/mol. The van der Waals surface area contributed by atoms with Crippen molar-refractivity contribution in [1.29, 1.82) is 0 Å². The van der Waals surface area contributed by atoms with Crippen molar-refractivity contribution in [2.45, 2.75) is 0 Å². The Kier molecular flexibility index (Phi) is 2.33. The number of benzene rings is 1. The van der Waals surface area contributed by atoms with Crippen molar-refractivity contribution >= 4 is 15.9 Å². The van der Waals surface area contributed by atoms with E-state index in [1.165, 1.54) is 0 Å². The van der Waals surface area contributed by atoms with Crippen LogP contribution in [0.2, 0.25) is 0 Å². The highest BCUT2D eigenvalue weighted by molar-refractivity contribution is 6.10. The van der Waals surface area contributed by atoms with Gasteiger partial charge in [0, 0.05) is 5.69 Å². The van der Waals surface area contributed by atoms with Gasteiger partial charge >= 0.3 is 0 Å². The molecule has 0 fully saturated rings. The molecule has 2 radical (unpaired) electrons. The maximum Gasteiger partial charge on any atom is 0.0310 e. The lowest BCUT2D eigenvalue weighted by atomic mass is 10.3. The second kappa shape index (κ2) is 3.30. The summed E-state index contributed by atoms with van der Waals surface area (Å²) in [6.45, 7) is 0. The minimum absolute atomic E-state index is 0.796. The second-order valence-corrected chi connectivity index (χ2v) is 2.07. The molecule has 9 heavy (non-hydrogen) atoms. The number of hydrogen-bond acceptors (Lipinski definition) is 1. The molecule has 0 heterocycles. The summed E-state index contributed by atoms with van der Waals surface area (Å²) in [5.74, 6) is 0. The fourth-order valence-electron chi connectivity index (χ4n) is 0.658. The van der Waals surface area contributed by atoms with E-state index in [1.54, 1.807) is 0 Å². The molecule has 2 heteroatoms. The van der Waals surface area contributed by atoms with E-state index in [9.17, 15) is 0 Å². The minimum Gasteiger partial charge on any atom is -0.645 e. The molecule has 0 atom stereocenters. The lowest BCUT2D eigenvalue weighted by Gasteiger charge is -2.07. The fourth-order valence-corrected chi connectivity index (χ4v) is 0.862. The van der Waals surface area contributed by atoms with E-state index in [-0.39, 0.29) is 0 Å². The maximum absolute atomic E-state index is 3.32. The van der Waals surface area contributed by atoms with E-state index in [2.05, 4.69) is 15.6 Å². The van der Waals surface area contributed by atoms with Gasteiger partial charge in [-0.3, -0.25) is 0 Å². The number of para-hydroxylation sites is 1. The van der Waals surface area contributed by atoms with Crippen LogP contribution in [0.5, 0.6) is 0 Å². The zero-order valence-corrected chi connectivity index (χ0v) is 6.09. The van der Waals surface area contributed by atoms with Crippen LogP contribution in [0.3, 0.4) is 0 Å². The SMILES string of the molecule is [Si-]CNc1ccccc1. The smallest absolute Gasteiger partial charge is 0.0310 e. The predicted molar refractivity (Wildman–Crippen MR) is 40.7 cm³/mol. The average molecular weight is 134 g/mol. The summed E-state index contributed by atoms with van der Waals surface area (Å²) in [5.41, 5.74) is 1.15. The van der Waals surface area contributed by atoms with Crippen molar-refractivity contribution in [3.63, 3.8) is 0 Å². The normalized spacial score (nSPS) is 9.00. The first-order valence-corrected chi connectivity index (χ1v) is 3.57. The summed E-state index contributed by atoms with van der Waals surface area (Å²) in [6, 6.07) is 10.1. The van der Waals surface area contributed by atoms with Crippen LogP contribution in [-0.4, -0.2) is 16.4 Å². The Morgan fingerprint density at radius 3 is 2.44 bits per heavy atom. The Morgan fingerprint density at radius 2 is 1.89 bits per heavy atom. The van der Waals surface area contributed by atoms with Crippen LogP contribution in [0.25, 0.3) is 0 Å². The van der Waals surface area contributed by atoms with Gasteiger partial charge in [0.05, 0.1) is 0 Å². The molecule has 0 aliphatic rings. The summed E-state index contributed by atoms with van der Waals surface area (Å²) in [4.78, 5) is 0. The molecule has 0 bridgehead atoms. The van der Waals surface area contributed by atoms with Crippen molar-refractivity contribution in [3.05, 3.63) is 30.3 Å². The van der Waals surface area contributed by atoms with Crippen LogP contribution in [0.4, 0.5) is 5.69 Å². The first-order chi connectivity index (χ1) is 4.43. The summed E-state index contributed by atoms with van der Waals surface area (Å²) in [7, 11) is 3.32. The molecule has 1 rings (SSSR count). The highest BCUT2D eigenvalue weighted by atomic mass is 28.1. The van der Waals surface area contributed by atoms with E-state index < -0.39 is 0 Å². The van der Waals surface area contributed by atoms with Crippen LogP contribution in [-0.2, 0) is 0 Å². The minimum atomic E-state index is 0.796. The number of rotatable bonds is 2. The third-order valence-corrected chi connectivity index (χ3v) is 1.24. The third kappa shape index (κ3) is 1.89. The van der Waals surface area contributed by atoms with Gasteiger partial charge in [0.2, 0.25) is 0 Å². The summed E-state index contributed by atoms with van der Waals surface area (Å²) < 4.78 is 0. The van der Waals surface area contributed by atoms with Crippen LogP contribution in [0.1, 0.15) is 0 Å². The van der Waals surface area contributed by atoms with Crippen LogP contribution < -0.4 is 5.32 Å². The molecule has 1 aromatic carbocycles. The van der Waals surface area contributed by atoms with Gasteiger partial charge in [-0.1, -0.05) is 18.2 Å². The third-order valence-electron chi connectivity index (χ3n) is 1.07. The fraction of sp³-hybridized carbons (Fsp3) is 0.143. The van der Waals surface area contributed by atoms with Gasteiger partial charge in [0.1, 0.15) is 0 Å². The van der Waals surface area contributed by atoms with Crippen LogP contribution in [0, 0.1) is 0 Å². The van der Waals surface area contributed by atoms with Crippen LogP contribution >= 0.6 is 0 Å². The largest absolute Gasteiger partial charge is 0.645 e. The van der Waals surface area contributed by atoms with Crippen LogP contribution in [0.15, 0.2) is 30.3 Å². The zero-order valence-electron chi connectivity index (χ0n) is 5.09. The Morgan fingerprint density at radius 1 is 1.22 bits per heavy atom. The van der Waals surface area contributed by atoms with E-state index in [0.717, 1.165) is 11.9 Å². The lowest BCUT2D eigenvalue weighted by Crippen LogP contribution is -1.98. The quantitative estimate of drug-likeness (QED) is 0.600. The van der Waals surface area contributed by atoms with Crippen molar-refractivity contribution in [2.24, 2.45) is 0 Å². The van der Waals surface area contributed by atoms with Gasteiger partial charge in [-0.15, -0.1) is 0 Å². The zero-order chi connectivity index (χ0) is 6.53. The first kappa shape index (κ1) is 6.36. The first-order valence-electron chi connectivity index (χ1n) is 2.87. The monoisotopic (exact) mass is 134 g/mol. The van der Waals surface area contributed by atoms with Gasteiger partial charge in [-0.25, -0.2) is 0 Å². The van der Waals surface area contributed by atoms with Gasteiger partial charge in [-0.05, 0) is 12.1 Å². The number of nitrogens with one attached hydrogen (secondary N) is 1. The molecule has 0 aromatic heterocycles. The highest BCUT2D eigenvalue weighted by Gasteiger charge is 1.78. The molecule has 46 valence electrons. The topological polar surface area (TPSA) is 12.0 Å². The summed E-state index contributed by atoms with van der Waals surface area (Å²) >= 11 is 0. The van der Waals surface area contributed by atoms with E-state index in [1.807, 2.05) is 30.3 Å². The summed E-state index contributed by atoms with van der Waals surface area (Å²) in [6.07, 6.45) is 0.796. The average Bonchev–Trinajstić information content (AvgIpc) is 1.91. The molecule has 0 saturated heterocycles. The molecule has 0 aliphatic heterocycles. The van der Waals surface area contributed by atoms with E-state index >= 15 is 0 Å².